The summed E-state index contributed by atoms with van der Waals surface area (Å²) < 4.78 is 0. The molecule has 4 aromatic rings. The SMILES string of the molecule is Cc1ccc2c(c1)-c1nc(SCC(=O)Nc3cccc4ccccc34)[nH]c(=O)c1C1(CCCCC1)C2. The molecular weight excluding hydrogens is 466 g/mol. The number of thioether (sulfide) groups is 1. The first-order valence-corrected chi connectivity index (χ1v) is 13.7. The average molecular weight is 496 g/mol. The van der Waals surface area contributed by atoms with Gasteiger partial charge in [0.2, 0.25) is 5.91 Å². The van der Waals surface area contributed by atoms with Gasteiger partial charge in [0.15, 0.2) is 5.16 Å². The van der Waals surface area contributed by atoms with Crippen LogP contribution in [0.2, 0.25) is 0 Å². The van der Waals surface area contributed by atoms with Crippen LogP contribution in [-0.4, -0.2) is 21.6 Å². The predicted molar refractivity (Wildman–Crippen MR) is 147 cm³/mol. The summed E-state index contributed by atoms with van der Waals surface area (Å²) in [4.78, 5) is 34.3. The van der Waals surface area contributed by atoms with Crippen LogP contribution >= 0.6 is 11.8 Å². The first-order valence-electron chi connectivity index (χ1n) is 12.7. The van der Waals surface area contributed by atoms with Gasteiger partial charge in [-0.25, -0.2) is 4.98 Å². The zero-order valence-corrected chi connectivity index (χ0v) is 21.2. The number of carbonyl (C=O) groups is 1. The van der Waals surface area contributed by atoms with E-state index in [2.05, 4.69) is 35.4 Å². The molecule has 6 rings (SSSR count). The lowest BCUT2D eigenvalue weighted by molar-refractivity contribution is -0.113. The monoisotopic (exact) mass is 495 g/mol. The van der Waals surface area contributed by atoms with Gasteiger partial charge in [0.1, 0.15) is 0 Å². The second kappa shape index (κ2) is 9.25. The topological polar surface area (TPSA) is 74.8 Å². The minimum atomic E-state index is -0.134. The average Bonchev–Trinajstić information content (AvgIpc) is 2.88. The summed E-state index contributed by atoms with van der Waals surface area (Å²) in [6, 6.07) is 20.4. The molecule has 0 aliphatic heterocycles. The number of aryl methyl sites for hydroxylation is 1. The fourth-order valence-electron chi connectivity index (χ4n) is 6.04. The van der Waals surface area contributed by atoms with Crippen LogP contribution in [0.5, 0.6) is 0 Å². The highest BCUT2D eigenvalue weighted by molar-refractivity contribution is 7.99. The van der Waals surface area contributed by atoms with Crippen molar-refractivity contribution in [2.24, 2.45) is 0 Å². The van der Waals surface area contributed by atoms with E-state index in [1.807, 2.05) is 42.5 Å². The Morgan fingerprint density at radius 1 is 1.06 bits per heavy atom. The number of fused-ring (bicyclic) bond motifs is 5. The number of hydrogen-bond donors (Lipinski definition) is 2. The van der Waals surface area contributed by atoms with Crippen LogP contribution in [0.15, 0.2) is 70.6 Å². The lowest BCUT2D eigenvalue weighted by Gasteiger charge is -2.41. The third-order valence-electron chi connectivity index (χ3n) is 7.69. The molecule has 36 heavy (non-hydrogen) atoms. The molecule has 6 heteroatoms. The summed E-state index contributed by atoms with van der Waals surface area (Å²) in [6.07, 6.45) is 6.47. The van der Waals surface area contributed by atoms with Crippen molar-refractivity contribution in [2.75, 3.05) is 11.1 Å². The van der Waals surface area contributed by atoms with Gasteiger partial charge in [0.05, 0.1) is 17.0 Å². The molecule has 0 saturated heterocycles. The molecule has 1 saturated carbocycles. The Balaban J connectivity index is 1.30. The first-order chi connectivity index (χ1) is 17.5. The van der Waals surface area contributed by atoms with E-state index in [1.165, 1.54) is 23.7 Å². The van der Waals surface area contributed by atoms with E-state index in [-0.39, 0.29) is 22.6 Å². The van der Waals surface area contributed by atoms with Gasteiger partial charge in [-0.2, -0.15) is 0 Å². The van der Waals surface area contributed by atoms with Crippen molar-refractivity contribution in [3.8, 4) is 11.3 Å². The van der Waals surface area contributed by atoms with Crippen LogP contribution in [0.25, 0.3) is 22.0 Å². The number of anilines is 1. The highest BCUT2D eigenvalue weighted by Gasteiger charge is 2.42. The van der Waals surface area contributed by atoms with Crippen LogP contribution in [0.3, 0.4) is 0 Å². The van der Waals surface area contributed by atoms with Gasteiger partial charge < -0.3 is 10.3 Å². The summed E-state index contributed by atoms with van der Waals surface area (Å²) in [5.41, 5.74) is 5.76. The smallest absolute Gasteiger partial charge is 0.255 e. The maximum absolute atomic E-state index is 13.5. The van der Waals surface area contributed by atoms with Gasteiger partial charge >= 0.3 is 0 Å². The molecule has 0 bridgehead atoms. The number of aromatic amines is 1. The Hall–Kier alpha value is -3.38. The zero-order chi connectivity index (χ0) is 24.7. The third-order valence-corrected chi connectivity index (χ3v) is 8.57. The van der Waals surface area contributed by atoms with Crippen LogP contribution < -0.4 is 10.9 Å². The highest BCUT2D eigenvalue weighted by Crippen LogP contribution is 2.48. The van der Waals surface area contributed by atoms with Crippen molar-refractivity contribution < 1.29 is 4.79 Å². The molecule has 2 aliphatic rings. The van der Waals surface area contributed by atoms with Crippen LogP contribution in [-0.2, 0) is 16.6 Å². The van der Waals surface area contributed by atoms with Crippen LogP contribution in [0, 0.1) is 6.92 Å². The number of H-pyrrole nitrogens is 1. The molecule has 3 aromatic carbocycles. The van der Waals surface area contributed by atoms with Crippen molar-refractivity contribution in [1.82, 2.24) is 9.97 Å². The van der Waals surface area contributed by atoms with Crippen molar-refractivity contribution in [3.63, 3.8) is 0 Å². The molecule has 1 amide bonds. The van der Waals surface area contributed by atoms with Crippen molar-refractivity contribution in [2.45, 2.75) is 56.0 Å². The van der Waals surface area contributed by atoms with Crippen molar-refractivity contribution in [3.05, 3.63) is 87.7 Å². The van der Waals surface area contributed by atoms with Crippen LogP contribution in [0.1, 0.15) is 48.8 Å². The fraction of sp³-hybridized carbons (Fsp3) is 0.300. The second-order valence-electron chi connectivity index (χ2n) is 10.1. The maximum atomic E-state index is 13.5. The number of carbonyl (C=O) groups excluding carboxylic acids is 1. The van der Waals surface area contributed by atoms with E-state index < -0.39 is 0 Å². The Morgan fingerprint density at radius 3 is 2.72 bits per heavy atom. The standard InChI is InChI=1S/C30H29N3O2S/c1-19-12-13-21-17-30(14-5-2-6-15-30)26-27(23(21)16-19)32-29(33-28(26)35)36-18-25(34)31-24-11-7-9-20-8-3-4-10-22(20)24/h3-4,7-13,16H,2,5-6,14-15,17-18H2,1H3,(H,31,34)(H,32,33,35). The van der Waals surface area contributed by atoms with Crippen LogP contribution in [0.4, 0.5) is 5.69 Å². The molecule has 0 radical (unpaired) electrons. The molecule has 1 heterocycles. The van der Waals surface area contributed by atoms with E-state index >= 15 is 0 Å². The number of nitrogens with one attached hydrogen (secondary N) is 2. The Labute approximate surface area is 214 Å². The molecule has 1 spiro atoms. The number of aromatic nitrogens is 2. The van der Waals surface area contributed by atoms with Crippen molar-refractivity contribution >= 4 is 34.1 Å². The number of rotatable bonds is 4. The largest absolute Gasteiger partial charge is 0.325 e. The van der Waals surface area contributed by atoms with E-state index in [9.17, 15) is 9.59 Å². The van der Waals surface area contributed by atoms with Gasteiger partial charge in [0.25, 0.3) is 5.56 Å². The lowest BCUT2D eigenvalue weighted by Crippen LogP contribution is -2.40. The van der Waals surface area contributed by atoms with Crippen molar-refractivity contribution in [1.29, 1.82) is 0 Å². The minimum absolute atomic E-state index is 0.0500. The fourth-order valence-corrected chi connectivity index (χ4v) is 6.70. The molecule has 2 N–H and O–H groups in total. The normalized spacial score (nSPS) is 15.9. The molecule has 0 unspecified atom stereocenters. The van der Waals surface area contributed by atoms with Gasteiger partial charge in [-0.15, -0.1) is 0 Å². The first kappa shape index (κ1) is 23.0. The predicted octanol–water partition coefficient (Wildman–Crippen LogP) is 6.39. The molecule has 1 aromatic heterocycles. The molecule has 5 nitrogen and oxygen atoms in total. The number of hydrogen-bond acceptors (Lipinski definition) is 4. The van der Waals surface area contributed by atoms with Gasteiger partial charge in [-0.05, 0) is 49.3 Å². The van der Waals surface area contributed by atoms with Gasteiger partial charge in [-0.1, -0.05) is 85.1 Å². The summed E-state index contributed by atoms with van der Waals surface area (Å²) in [6.45, 7) is 2.07. The van der Waals surface area contributed by atoms with Gasteiger partial charge in [0, 0.05) is 22.1 Å². The Bertz CT molecular complexity index is 1530. The zero-order valence-electron chi connectivity index (χ0n) is 20.4. The molecule has 1 fully saturated rings. The third kappa shape index (κ3) is 4.13. The van der Waals surface area contributed by atoms with E-state index in [0.717, 1.165) is 70.9 Å². The quantitative estimate of drug-likeness (QED) is 0.254. The second-order valence-corrected chi connectivity index (χ2v) is 11.1. The summed E-state index contributed by atoms with van der Waals surface area (Å²) in [5, 5.41) is 5.60. The molecular formula is C30H29N3O2S. The number of nitrogens with zero attached hydrogens (tertiary/aromatic N) is 1. The Morgan fingerprint density at radius 2 is 1.86 bits per heavy atom. The van der Waals surface area contributed by atoms with E-state index in [4.69, 9.17) is 4.98 Å². The summed E-state index contributed by atoms with van der Waals surface area (Å²) >= 11 is 1.28. The Kier molecular flexibility index (Phi) is 5.92. The minimum Gasteiger partial charge on any atom is -0.325 e. The molecule has 182 valence electrons. The van der Waals surface area contributed by atoms with E-state index in [0.29, 0.717) is 5.16 Å². The van der Waals surface area contributed by atoms with E-state index in [1.54, 1.807) is 0 Å². The molecule has 2 aliphatic carbocycles. The number of amides is 1. The summed E-state index contributed by atoms with van der Waals surface area (Å²) in [7, 11) is 0. The maximum Gasteiger partial charge on any atom is 0.255 e. The number of benzene rings is 3. The lowest BCUT2D eigenvalue weighted by atomic mass is 9.62. The van der Waals surface area contributed by atoms with Gasteiger partial charge in [-0.3, -0.25) is 9.59 Å². The highest BCUT2D eigenvalue weighted by atomic mass is 32.2. The molecule has 0 atom stereocenters. The summed E-state index contributed by atoms with van der Waals surface area (Å²) in [5.74, 6) is 0.0354.